The Bertz CT molecular complexity index is 427. The molecule has 2 fully saturated rings. The van der Waals surface area contributed by atoms with E-state index in [1.807, 2.05) is 0 Å². The summed E-state index contributed by atoms with van der Waals surface area (Å²) in [5.41, 5.74) is -0.775. The van der Waals surface area contributed by atoms with E-state index in [9.17, 15) is 9.59 Å². The molecule has 7 nitrogen and oxygen atoms in total. The number of carbonyl (C=O) groups excluding carboxylic acids is 2. The largest absolute Gasteiger partial charge is 0.383 e. The second kappa shape index (κ2) is 6.93. The van der Waals surface area contributed by atoms with Gasteiger partial charge in [-0.05, 0) is 20.8 Å². The quantitative estimate of drug-likeness (QED) is 0.698. The Labute approximate surface area is 132 Å². The van der Waals surface area contributed by atoms with Gasteiger partial charge in [0, 0.05) is 52.4 Å². The fraction of sp³-hybridized carbons (Fsp3) is 0.867. The molecule has 2 rings (SSSR count). The fourth-order valence-corrected chi connectivity index (χ4v) is 3.08. The first-order valence-electron chi connectivity index (χ1n) is 7.94. The zero-order valence-corrected chi connectivity index (χ0v) is 14.1. The minimum absolute atomic E-state index is 0.135. The van der Waals surface area contributed by atoms with Crippen LogP contribution < -0.4 is 5.32 Å². The highest BCUT2D eigenvalue weighted by Gasteiger charge is 2.44. The third-order valence-corrected chi connectivity index (χ3v) is 4.52. The maximum atomic E-state index is 12.1. The SMILES string of the molecule is COCCN1CCN(CCN2C(=O)NC(C)(C)C2=O)C[C@H]1C. The Morgan fingerprint density at radius 1 is 1.23 bits per heavy atom. The summed E-state index contributed by atoms with van der Waals surface area (Å²) in [6.45, 7) is 11.5. The molecular formula is C15H28N4O3. The number of hydrogen-bond donors (Lipinski definition) is 1. The number of methoxy groups -OCH3 is 1. The standard InChI is InChI=1S/C15H28N4O3/c1-12-11-17(5-7-18(12)9-10-22-4)6-8-19-13(20)15(2,3)16-14(19)21/h12H,5-11H2,1-4H3,(H,16,21)/t12-/m1/s1. The predicted octanol–water partition coefficient (Wildman–Crippen LogP) is -0.0307. The van der Waals surface area contributed by atoms with Crippen LogP contribution >= 0.6 is 0 Å². The number of imide groups is 1. The average molecular weight is 312 g/mol. The molecule has 3 amide bonds. The molecule has 0 aliphatic carbocycles. The molecule has 0 aromatic heterocycles. The molecule has 126 valence electrons. The first-order valence-corrected chi connectivity index (χ1v) is 7.94. The predicted molar refractivity (Wildman–Crippen MR) is 83.7 cm³/mol. The van der Waals surface area contributed by atoms with Crippen molar-refractivity contribution >= 4 is 11.9 Å². The van der Waals surface area contributed by atoms with Crippen LogP contribution in [-0.2, 0) is 9.53 Å². The van der Waals surface area contributed by atoms with E-state index in [0.29, 0.717) is 12.6 Å². The van der Waals surface area contributed by atoms with Crippen LogP contribution in [0.25, 0.3) is 0 Å². The number of piperazine rings is 1. The number of nitrogens with one attached hydrogen (secondary N) is 1. The molecule has 2 aliphatic heterocycles. The van der Waals surface area contributed by atoms with Gasteiger partial charge in [0.05, 0.1) is 6.61 Å². The number of amides is 3. The van der Waals surface area contributed by atoms with Gasteiger partial charge in [0.1, 0.15) is 5.54 Å². The lowest BCUT2D eigenvalue weighted by molar-refractivity contribution is -0.130. The van der Waals surface area contributed by atoms with Gasteiger partial charge in [-0.15, -0.1) is 0 Å². The highest BCUT2D eigenvalue weighted by molar-refractivity contribution is 6.06. The topological polar surface area (TPSA) is 65.1 Å². The van der Waals surface area contributed by atoms with E-state index >= 15 is 0 Å². The van der Waals surface area contributed by atoms with Crippen molar-refractivity contribution in [3.05, 3.63) is 0 Å². The van der Waals surface area contributed by atoms with E-state index < -0.39 is 5.54 Å². The van der Waals surface area contributed by atoms with Crippen LogP contribution in [0.2, 0.25) is 0 Å². The molecule has 1 atom stereocenters. The summed E-state index contributed by atoms with van der Waals surface area (Å²) < 4.78 is 5.13. The van der Waals surface area contributed by atoms with Crippen molar-refractivity contribution in [3.63, 3.8) is 0 Å². The van der Waals surface area contributed by atoms with Gasteiger partial charge in [-0.25, -0.2) is 4.79 Å². The summed E-state index contributed by atoms with van der Waals surface area (Å²) in [6.07, 6.45) is 0. The van der Waals surface area contributed by atoms with Crippen LogP contribution in [0.4, 0.5) is 4.79 Å². The number of hydrogen-bond acceptors (Lipinski definition) is 5. The van der Waals surface area contributed by atoms with Crippen molar-refractivity contribution in [3.8, 4) is 0 Å². The minimum Gasteiger partial charge on any atom is -0.383 e. The highest BCUT2D eigenvalue weighted by Crippen LogP contribution is 2.17. The summed E-state index contributed by atoms with van der Waals surface area (Å²) in [4.78, 5) is 30.1. The Morgan fingerprint density at radius 2 is 1.95 bits per heavy atom. The van der Waals surface area contributed by atoms with Crippen molar-refractivity contribution < 1.29 is 14.3 Å². The van der Waals surface area contributed by atoms with Crippen molar-refractivity contribution in [2.75, 3.05) is 53.0 Å². The summed E-state index contributed by atoms with van der Waals surface area (Å²) in [6, 6.07) is 0.185. The van der Waals surface area contributed by atoms with Crippen molar-refractivity contribution in [1.82, 2.24) is 20.0 Å². The molecule has 0 aromatic carbocycles. The summed E-state index contributed by atoms with van der Waals surface area (Å²) in [5, 5.41) is 2.72. The van der Waals surface area contributed by atoms with Crippen molar-refractivity contribution in [2.45, 2.75) is 32.4 Å². The normalized spacial score (nSPS) is 26.5. The van der Waals surface area contributed by atoms with E-state index in [4.69, 9.17) is 4.74 Å². The first-order chi connectivity index (χ1) is 10.3. The van der Waals surface area contributed by atoms with Crippen molar-refractivity contribution in [1.29, 1.82) is 0 Å². The van der Waals surface area contributed by atoms with Crippen LogP contribution in [0.3, 0.4) is 0 Å². The number of nitrogens with zero attached hydrogens (tertiary/aromatic N) is 3. The zero-order valence-electron chi connectivity index (χ0n) is 14.1. The maximum absolute atomic E-state index is 12.1. The molecule has 2 aliphatic rings. The van der Waals surface area contributed by atoms with E-state index in [-0.39, 0.29) is 11.9 Å². The van der Waals surface area contributed by atoms with Crippen LogP contribution in [0.1, 0.15) is 20.8 Å². The van der Waals surface area contributed by atoms with E-state index in [2.05, 4.69) is 22.0 Å². The fourth-order valence-electron chi connectivity index (χ4n) is 3.08. The molecule has 0 spiro atoms. The minimum atomic E-state index is -0.775. The summed E-state index contributed by atoms with van der Waals surface area (Å²) >= 11 is 0. The van der Waals surface area contributed by atoms with Crippen LogP contribution in [0.5, 0.6) is 0 Å². The molecular weight excluding hydrogens is 284 g/mol. The van der Waals surface area contributed by atoms with Crippen molar-refractivity contribution in [2.24, 2.45) is 0 Å². The molecule has 7 heteroatoms. The van der Waals surface area contributed by atoms with E-state index in [0.717, 1.165) is 39.3 Å². The number of ether oxygens (including phenoxy) is 1. The molecule has 0 aromatic rings. The van der Waals surface area contributed by atoms with Gasteiger partial charge < -0.3 is 10.1 Å². The van der Waals surface area contributed by atoms with Crippen LogP contribution in [0, 0.1) is 0 Å². The third-order valence-electron chi connectivity index (χ3n) is 4.52. The molecule has 22 heavy (non-hydrogen) atoms. The molecule has 0 unspecified atom stereocenters. The molecule has 0 radical (unpaired) electrons. The lowest BCUT2D eigenvalue weighted by Crippen LogP contribution is -2.54. The molecule has 0 bridgehead atoms. The van der Waals surface area contributed by atoms with Crippen LogP contribution in [0.15, 0.2) is 0 Å². The number of urea groups is 1. The summed E-state index contributed by atoms with van der Waals surface area (Å²) in [7, 11) is 1.72. The Morgan fingerprint density at radius 3 is 2.50 bits per heavy atom. The Kier molecular flexibility index (Phi) is 5.41. The Balaban J connectivity index is 1.79. The zero-order chi connectivity index (χ0) is 16.3. The maximum Gasteiger partial charge on any atom is 0.325 e. The third kappa shape index (κ3) is 3.77. The second-order valence-electron chi connectivity index (χ2n) is 6.69. The number of rotatable bonds is 6. The second-order valence-corrected chi connectivity index (χ2v) is 6.69. The van der Waals surface area contributed by atoms with Gasteiger partial charge in [0.2, 0.25) is 0 Å². The lowest BCUT2D eigenvalue weighted by atomic mass is 10.1. The van der Waals surface area contributed by atoms with Gasteiger partial charge in [-0.2, -0.15) is 0 Å². The molecule has 1 N–H and O–H groups in total. The van der Waals surface area contributed by atoms with Gasteiger partial charge in [-0.1, -0.05) is 0 Å². The molecule has 2 heterocycles. The first kappa shape index (κ1) is 17.2. The van der Waals surface area contributed by atoms with Crippen LogP contribution in [-0.4, -0.2) is 91.2 Å². The summed E-state index contributed by atoms with van der Waals surface area (Å²) in [5.74, 6) is -0.135. The van der Waals surface area contributed by atoms with E-state index in [1.165, 1.54) is 4.90 Å². The van der Waals surface area contributed by atoms with Gasteiger partial charge in [0.25, 0.3) is 5.91 Å². The monoisotopic (exact) mass is 312 g/mol. The molecule has 0 saturated carbocycles. The lowest BCUT2D eigenvalue weighted by Gasteiger charge is -2.40. The van der Waals surface area contributed by atoms with Gasteiger partial charge >= 0.3 is 6.03 Å². The Hall–Kier alpha value is -1.18. The van der Waals surface area contributed by atoms with Gasteiger partial charge in [0.15, 0.2) is 0 Å². The smallest absolute Gasteiger partial charge is 0.325 e. The van der Waals surface area contributed by atoms with Gasteiger partial charge in [-0.3, -0.25) is 19.5 Å². The number of carbonyl (C=O) groups is 2. The van der Waals surface area contributed by atoms with E-state index in [1.54, 1.807) is 21.0 Å². The highest BCUT2D eigenvalue weighted by atomic mass is 16.5. The average Bonchev–Trinajstić information content (AvgIpc) is 2.64. The molecule has 2 saturated heterocycles.